The quantitative estimate of drug-likeness (QED) is 0.644. The van der Waals surface area contributed by atoms with Crippen molar-refractivity contribution in [2.75, 3.05) is 0 Å². The highest BCUT2D eigenvalue weighted by Crippen LogP contribution is 2.43. The van der Waals surface area contributed by atoms with Crippen molar-refractivity contribution in [2.45, 2.75) is 25.2 Å². The van der Waals surface area contributed by atoms with E-state index in [9.17, 15) is 0 Å². The van der Waals surface area contributed by atoms with Gasteiger partial charge in [-0.15, -0.1) is 0 Å². The summed E-state index contributed by atoms with van der Waals surface area (Å²) in [4.78, 5) is 0. The van der Waals surface area contributed by atoms with E-state index in [4.69, 9.17) is 0 Å². The Labute approximate surface area is 101 Å². The minimum Gasteiger partial charge on any atom is -0.163 e. The van der Waals surface area contributed by atoms with Crippen molar-refractivity contribution >= 4 is 11.9 Å². The second-order valence-corrected chi connectivity index (χ2v) is 5.10. The Hall–Kier alpha value is -1.70. The topological polar surface area (TPSA) is 24.7 Å². The summed E-state index contributed by atoms with van der Waals surface area (Å²) in [6.07, 6.45) is 7.82. The number of hydrogen-bond donors (Lipinski definition) is 0. The van der Waals surface area contributed by atoms with Crippen molar-refractivity contribution in [3.63, 3.8) is 0 Å². The number of nitrogens with zero attached hydrogens (tertiary/aromatic N) is 2. The molecule has 2 atom stereocenters. The molecule has 84 valence electrons. The lowest BCUT2D eigenvalue weighted by atomic mass is 9.71. The Morgan fingerprint density at radius 2 is 2.06 bits per heavy atom. The predicted molar refractivity (Wildman–Crippen MR) is 69.6 cm³/mol. The average molecular weight is 222 g/mol. The monoisotopic (exact) mass is 222 g/mol. The molecule has 1 aliphatic heterocycles. The van der Waals surface area contributed by atoms with Crippen LogP contribution in [0.15, 0.2) is 46.1 Å². The number of fused-ring (bicyclic) bond motifs is 4. The van der Waals surface area contributed by atoms with Crippen LogP contribution >= 0.6 is 0 Å². The first kappa shape index (κ1) is 9.34. The maximum absolute atomic E-state index is 4.21. The number of benzene rings is 1. The fraction of sp³-hybridized carbons (Fsp3) is 0.333. The molecule has 0 radical (unpaired) electrons. The maximum Gasteiger partial charge on any atom is 0.0715 e. The van der Waals surface area contributed by atoms with Crippen molar-refractivity contribution in [3.8, 4) is 0 Å². The van der Waals surface area contributed by atoms with Crippen LogP contribution in [0, 0.1) is 5.92 Å². The van der Waals surface area contributed by atoms with E-state index in [2.05, 4.69) is 40.5 Å². The van der Waals surface area contributed by atoms with Crippen LogP contribution < -0.4 is 0 Å². The molecular formula is C15H14N2. The fourth-order valence-corrected chi connectivity index (χ4v) is 3.30. The van der Waals surface area contributed by atoms with Gasteiger partial charge in [0.1, 0.15) is 0 Å². The third-order valence-electron chi connectivity index (χ3n) is 4.18. The van der Waals surface area contributed by atoms with E-state index in [0.29, 0.717) is 11.8 Å². The zero-order valence-electron chi connectivity index (χ0n) is 9.63. The molecule has 0 unspecified atom stereocenters. The second-order valence-electron chi connectivity index (χ2n) is 5.10. The standard InChI is InChI=1S/C15H14N2/c1-2-4-13-10(3-1)5-6-11-8-15-12(7-14(11)13)9-16-17-15/h1-4,8-9,12,14H,5-7H2/t12-,14+/m1/s1. The highest BCUT2D eigenvalue weighted by atomic mass is 15.2. The third kappa shape index (κ3) is 1.33. The molecule has 0 spiro atoms. The molecule has 0 amide bonds. The third-order valence-corrected chi connectivity index (χ3v) is 4.18. The van der Waals surface area contributed by atoms with Gasteiger partial charge in [-0.3, -0.25) is 0 Å². The van der Waals surface area contributed by atoms with Gasteiger partial charge in [-0.05, 0) is 36.5 Å². The smallest absolute Gasteiger partial charge is 0.0715 e. The molecule has 3 aliphatic rings. The summed E-state index contributed by atoms with van der Waals surface area (Å²) < 4.78 is 0. The van der Waals surface area contributed by atoms with Crippen LogP contribution in [0.5, 0.6) is 0 Å². The fourth-order valence-electron chi connectivity index (χ4n) is 3.30. The highest BCUT2D eigenvalue weighted by molar-refractivity contribution is 6.09. The largest absolute Gasteiger partial charge is 0.163 e. The van der Waals surface area contributed by atoms with E-state index in [-0.39, 0.29) is 0 Å². The molecule has 2 nitrogen and oxygen atoms in total. The molecular weight excluding hydrogens is 208 g/mol. The van der Waals surface area contributed by atoms with Gasteiger partial charge in [0.15, 0.2) is 0 Å². The minimum absolute atomic E-state index is 0.454. The Morgan fingerprint density at radius 1 is 1.12 bits per heavy atom. The van der Waals surface area contributed by atoms with Gasteiger partial charge in [-0.2, -0.15) is 10.2 Å². The number of rotatable bonds is 0. The lowest BCUT2D eigenvalue weighted by Gasteiger charge is -2.33. The summed E-state index contributed by atoms with van der Waals surface area (Å²) in [7, 11) is 0. The van der Waals surface area contributed by atoms with Gasteiger partial charge in [0.25, 0.3) is 0 Å². The predicted octanol–water partition coefficient (Wildman–Crippen LogP) is 3.10. The van der Waals surface area contributed by atoms with Crippen LogP contribution in [0.2, 0.25) is 0 Å². The minimum atomic E-state index is 0.454. The van der Waals surface area contributed by atoms with E-state index in [1.54, 1.807) is 5.57 Å². The molecule has 2 heteroatoms. The molecule has 4 rings (SSSR count). The normalized spacial score (nSPS) is 28.9. The van der Waals surface area contributed by atoms with Crippen LogP contribution in [-0.4, -0.2) is 11.9 Å². The van der Waals surface area contributed by atoms with Gasteiger partial charge < -0.3 is 0 Å². The summed E-state index contributed by atoms with van der Waals surface area (Å²) in [6, 6.07) is 8.88. The number of hydrogen-bond acceptors (Lipinski definition) is 2. The summed E-state index contributed by atoms with van der Waals surface area (Å²) in [5, 5.41) is 8.27. The average Bonchev–Trinajstić information content (AvgIpc) is 2.83. The van der Waals surface area contributed by atoms with Gasteiger partial charge in [-0.25, -0.2) is 0 Å². The maximum atomic E-state index is 4.21. The second kappa shape index (κ2) is 3.39. The molecule has 17 heavy (non-hydrogen) atoms. The first-order valence-corrected chi connectivity index (χ1v) is 6.31. The Kier molecular flexibility index (Phi) is 1.87. The van der Waals surface area contributed by atoms with Crippen molar-refractivity contribution in [3.05, 3.63) is 47.0 Å². The molecule has 1 aromatic rings. The van der Waals surface area contributed by atoms with E-state index >= 15 is 0 Å². The summed E-state index contributed by atoms with van der Waals surface area (Å²) in [6.45, 7) is 0. The summed E-state index contributed by atoms with van der Waals surface area (Å²) >= 11 is 0. The molecule has 2 aliphatic carbocycles. The van der Waals surface area contributed by atoms with Gasteiger partial charge >= 0.3 is 0 Å². The van der Waals surface area contributed by atoms with E-state index in [1.165, 1.54) is 29.7 Å². The van der Waals surface area contributed by atoms with Crippen LogP contribution in [0.25, 0.3) is 0 Å². The Balaban J connectivity index is 1.83. The molecule has 0 aromatic heterocycles. The van der Waals surface area contributed by atoms with Crippen molar-refractivity contribution in [2.24, 2.45) is 16.1 Å². The first-order valence-electron chi connectivity index (χ1n) is 6.31. The number of aryl methyl sites for hydroxylation is 1. The lowest BCUT2D eigenvalue weighted by molar-refractivity contribution is 0.609. The van der Waals surface area contributed by atoms with Crippen molar-refractivity contribution in [1.29, 1.82) is 0 Å². The van der Waals surface area contributed by atoms with Crippen LogP contribution in [-0.2, 0) is 6.42 Å². The van der Waals surface area contributed by atoms with Crippen molar-refractivity contribution in [1.82, 2.24) is 0 Å². The van der Waals surface area contributed by atoms with Gasteiger partial charge in [0.2, 0.25) is 0 Å². The first-order chi connectivity index (χ1) is 8.42. The summed E-state index contributed by atoms with van der Waals surface area (Å²) in [5.41, 5.74) is 5.80. The van der Waals surface area contributed by atoms with Crippen LogP contribution in [0.4, 0.5) is 0 Å². The molecule has 0 fully saturated rings. The molecule has 1 aromatic carbocycles. The van der Waals surface area contributed by atoms with Crippen LogP contribution in [0.3, 0.4) is 0 Å². The van der Waals surface area contributed by atoms with Crippen molar-refractivity contribution < 1.29 is 0 Å². The Bertz CT molecular complexity index is 566. The van der Waals surface area contributed by atoms with Crippen LogP contribution in [0.1, 0.15) is 29.9 Å². The highest BCUT2D eigenvalue weighted by Gasteiger charge is 2.33. The molecule has 0 N–H and O–H groups in total. The molecule has 0 bridgehead atoms. The zero-order valence-corrected chi connectivity index (χ0v) is 9.63. The summed E-state index contributed by atoms with van der Waals surface area (Å²) in [5.74, 6) is 1.06. The molecule has 0 saturated heterocycles. The van der Waals surface area contributed by atoms with E-state index in [0.717, 1.165) is 6.42 Å². The molecule has 1 heterocycles. The van der Waals surface area contributed by atoms with E-state index < -0.39 is 0 Å². The van der Waals surface area contributed by atoms with Gasteiger partial charge in [-0.1, -0.05) is 29.8 Å². The van der Waals surface area contributed by atoms with E-state index in [1.807, 2.05) is 6.21 Å². The zero-order chi connectivity index (χ0) is 11.2. The molecule has 0 saturated carbocycles. The Morgan fingerprint density at radius 3 is 3.06 bits per heavy atom. The SMILES string of the molecule is C1=NN=C2C=C3CCc4ccccc4[C@H]3C[C@H]12. The van der Waals surface area contributed by atoms with Gasteiger partial charge in [0.05, 0.1) is 5.71 Å². The lowest BCUT2D eigenvalue weighted by Crippen LogP contribution is -2.25. The number of allylic oxidation sites excluding steroid dienone is 2. The van der Waals surface area contributed by atoms with Gasteiger partial charge in [0, 0.05) is 18.1 Å².